The van der Waals surface area contributed by atoms with Crippen molar-refractivity contribution in [3.63, 3.8) is 0 Å². The normalized spacial score (nSPS) is 15.4. The van der Waals surface area contributed by atoms with Crippen LogP contribution in [0.15, 0.2) is 60.1 Å². The van der Waals surface area contributed by atoms with Gasteiger partial charge in [0.25, 0.3) is 0 Å². The summed E-state index contributed by atoms with van der Waals surface area (Å²) in [4.78, 5) is 16.6. The van der Waals surface area contributed by atoms with Gasteiger partial charge in [0.1, 0.15) is 30.5 Å². The molecule has 7 nitrogen and oxygen atoms in total. The van der Waals surface area contributed by atoms with E-state index in [0.29, 0.717) is 33.6 Å². The van der Waals surface area contributed by atoms with Gasteiger partial charge in [0.2, 0.25) is 5.95 Å². The maximum Gasteiger partial charge on any atom is 0.338 e. The Bertz CT molecular complexity index is 1110. The number of methoxy groups -OCH3 is 1. The van der Waals surface area contributed by atoms with Gasteiger partial charge in [-0.05, 0) is 36.8 Å². The molecule has 1 N–H and O–H groups in total. The summed E-state index contributed by atoms with van der Waals surface area (Å²) in [6.45, 7) is 1.78. The molecule has 0 amide bonds. The molecule has 0 radical (unpaired) electrons. The second-order valence-electron chi connectivity index (χ2n) is 6.64. The van der Waals surface area contributed by atoms with Gasteiger partial charge in [-0.3, -0.25) is 0 Å². The fourth-order valence-electron chi connectivity index (χ4n) is 3.35. The van der Waals surface area contributed by atoms with Gasteiger partial charge in [0.15, 0.2) is 0 Å². The number of rotatable bonds is 5. The summed E-state index contributed by atoms with van der Waals surface area (Å²) in [5, 5.41) is 7.62. The molecule has 1 aliphatic rings. The van der Waals surface area contributed by atoms with Crippen molar-refractivity contribution in [2.45, 2.75) is 19.6 Å². The van der Waals surface area contributed by atoms with E-state index in [1.54, 1.807) is 35.9 Å². The summed E-state index contributed by atoms with van der Waals surface area (Å²) in [5.74, 6) is 0.183. The van der Waals surface area contributed by atoms with Gasteiger partial charge in [-0.15, -0.1) is 0 Å². The standard InChI is InChI=1S/C21H18ClFN4O3/c1-12-18(20(28)29-2)19(27-21(26-12)24-11-25-27)13-6-8-14(9-7-13)30-10-15-16(22)4-3-5-17(15)23/h3-9,11,19H,10H2,1-2H3,(H,24,25,26). The lowest BCUT2D eigenvalue weighted by Gasteiger charge is -2.28. The van der Waals surface area contributed by atoms with E-state index in [0.717, 1.165) is 5.56 Å². The van der Waals surface area contributed by atoms with Crippen molar-refractivity contribution in [1.82, 2.24) is 14.8 Å². The number of hydrogen-bond donors (Lipinski definition) is 1. The van der Waals surface area contributed by atoms with E-state index in [2.05, 4.69) is 15.4 Å². The number of carbonyl (C=O) groups excluding carboxylic acids is 1. The van der Waals surface area contributed by atoms with E-state index in [1.807, 2.05) is 12.1 Å². The van der Waals surface area contributed by atoms with Crippen LogP contribution >= 0.6 is 11.6 Å². The van der Waals surface area contributed by atoms with Gasteiger partial charge in [-0.1, -0.05) is 29.8 Å². The molecule has 4 rings (SSSR count). The third kappa shape index (κ3) is 3.61. The lowest BCUT2D eigenvalue weighted by molar-refractivity contribution is -0.136. The highest BCUT2D eigenvalue weighted by atomic mass is 35.5. The number of carbonyl (C=O) groups is 1. The Balaban J connectivity index is 1.61. The van der Waals surface area contributed by atoms with E-state index >= 15 is 0 Å². The van der Waals surface area contributed by atoms with Crippen LogP contribution in [0.25, 0.3) is 0 Å². The minimum absolute atomic E-state index is 0.00214. The molecule has 1 unspecified atom stereocenters. The third-order valence-electron chi connectivity index (χ3n) is 4.84. The molecule has 154 valence electrons. The molecule has 1 atom stereocenters. The number of aromatic nitrogens is 3. The Morgan fingerprint density at radius 1 is 1.27 bits per heavy atom. The highest BCUT2D eigenvalue weighted by Gasteiger charge is 2.33. The first-order valence-electron chi connectivity index (χ1n) is 9.11. The maximum absolute atomic E-state index is 13.9. The van der Waals surface area contributed by atoms with E-state index < -0.39 is 17.8 Å². The van der Waals surface area contributed by atoms with Crippen LogP contribution < -0.4 is 10.1 Å². The Kier molecular flexibility index (Phi) is 5.41. The Morgan fingerprint density at radius 3 is 2.73 bits per heavy atom. The number of fused-ring (bicyclic) bond motifs is 1. The maximum atomic E-state index is 13.9. The molecule has 0 fully saturated rings. The average Bonchev–Trinajstić information content (AvgIpc) is 3.20. The lowest BCUT2D eigenvalue weighted by Crippen LogP contribution is -2.29. The van der Waals surface area contributed by atoms with E-state index in [4.69, 9.17) is 21.1 Å². The molecule has 0 spiro atoms. The zero-order valence-corrected chi connectivity index (χ0v) is 17.0. The lowest BCUT2D eigenvalue weighted by atomic mass is 9.96. The van der Waals surface area contributed by atoms with Gasteiger partial charge in [-0.25, -0.2) is 13.9 Å². The Hall–Kier alpha value is -3.39. The predicted molar refractivity (Wildman–Crippen MR) is 109 cm³/mol. The molecule has 2 aromatic carbocycles. The van der Waals surface area contributed by atoms with Gasteiger partial charge in [0, 0.05) is 11.3 Å². The fraction of sp³-hybridized carbons (Fsp3) is 0.190. The van der Waals surface area contributed by atoms with Crippen molar-refractivity contribution in [2.24, 2.45) is 0 Å². The highest BCUT2D eigenvalue weighted by molar-refractivity contribution is 6.31. The van der Waals surface area contributed by atoms with Crippen molar-refractivity contribution in [3.05, 3.63) is 82.0 Å². The monoisotopic (exact) mass is 428 g/mol. The summed E-state index contributed by atoms with van der Waals surface area (Å²) in [6, 6.07) is 11.1. The number of benzene rings is 2. The van der Waals surface area contributed by atoms with Gasteiger partial charge in [0.05, 0.1) is 17.7 Å². The minimum atomic E-state index is -0.508. The Morgan fingerprint density at radius 2 is 2.03 bits per heavy atom. The molecule has 9 heteroatoms. The van der Waals surface area contributed by atoms with Crippen LogP contribution in [0, 0.1) is 5.82 Å². The third-order valence-corrected chi connectivity index (χ3v) is 5.19. The number of ether oxygens (including phenoxy) is 2. The second kappa shape index (κ2) is 8.16. The summed E-state index contributed by atoms with van der Waals surface area (Å²) in [6.07, 6.45) is 1.42. The van der Waals surface area contributed by atoms with Crippen LogP contribution in [0.3, 0.4) is 0 Å². The first-order valence-corrected chi connectivity index (χ1v) is 9.48. The smallest absolute Gasteiger partial charge is 0.338 e. The van der Waals surface area contributed by atoms with Crippen LogP contribution in [0.5, 0.6) is 5.75 Å². The highest BCUT2D eigenvalue weighted by Crippen LogP contribution is 2.35. The van der Waals surface area contributed by atoms with E-state index in [1.165, 1.54) is 19.5 Å². The SMILES string of the molecule is COC(=O)C1=C(C)Nc2ncnn2C1c1ccc(OCc2c(F)cccc2Cl)cc1. The van der Waals surface area contributed by atoms with Crippen molar-refractivity contribution in [2.75, 3.05) is 12.4 Å². The average molecular weight is 429 g/mol. The van der Waals surface area contributed by atoms with Gasteiger partial charge in [-0.2, -0.15) is 10.1 Å². The zero-order valence-electron chi connectivity index (χ0n) is 16.2. The molecular weight excluding hydrogens is 411 g/mol. The number of halogens is 2. The van der Waals surface area contributed by atoms with Crippen LogP contribution in [-0.2, 0) is 16.1 Å². The van der Waals surface area contributed by atoms with Crippen molar-refractivity contribution in [1.29, 1.82) is 0 Å². The van der Waals surface area contributed by atoms with Crippen LogP contribution in [0.1, 0.15) is 24.1 Å². The minimum Gasteiger partial charge on any atom is -0.489 e. The number of nitrogens with zero attached hydrogens (tertiary/aromatic N) is 3. The predicted octanol–water partition coefficient (Wildman–Crippen LogP) is 4.11. The van der Waals surface area contributed by atoms with Crippen LogP contribution in [-0.4, -0.2) is 27.8 Å². The summed E-state index contributed by atoms with van der Waals surface area (Å²) >= 11 is 6.04. The largest absolute Gasteiger partial charge is 0.489 e. The van der Waals surface area contributed by atoms with Crippen LogP contribution in [0.4, 0.5) is 10.3 Å². The summed E-state index contributed by atoms with van der Waals surface area (Å²) in [5.41, 5.74) is 2.16. The van der Waals surface area contributed by atoms with E-state index in [9.17, 15) is 9.18 Å². The van der Waals surface area contributed by atoms with Crippen molar-refractivity contribution in [3.8, 4) is 5.75 Å². The number of anilines is 1. The first-order chi connectivity index (χ1) is 14.5. The van der Waals surface area contributed by atoms with Crippen LogP contribution in [0.2, 0.25) is 5.02 Å². The molecule has 30 heavy (non-hydrogen) atoms. The molecule has 2 heterocycles. The molecule has 0 saturated heterocycles. The zero-order chi connectivity index (χ0) is 21.3. The topological polar surface area (TPSA) is 78.3 Å². The molecule has 3 aromatic rings. The first kappa shape index (κ1) is 19.9. The van der Waals surface area contributed by atoms with Crippen molar-refractivity contribution >= 4 is 23.5 Å². The fourth-order valence-corrected chi connectivity index (χ4v) is 3.56. The number of nitrogens with one attached hydrogen (secondary N) is 1. The quantitative estimate of drug-likeness (QED) is 0.616. The molecule has 1 aliphatic heterocycles. The number of esters is 1. The molecule has 0 saturated carbocycles. The molecular formula is C21H18ClFN4O3. The number of allylic oxidation sites excluding steroid dienone is 1. The summed E-state index contributed by atoms with van der Waals surface area (Å²) in [7, 11) is 1.33. The number of hydrogen-bond acceptors (Lipinski definition) is 6. The van der Waals surface area contributed by atoms with Gasteiger partial charge < -0.3 is 14.8 Å². The molecule has 1 aromatic heterocycles. The summed E-state index contributed by atoms with van der Waals surface area (Å²) < 4.78 is 26.2. The van der Waals surface area contributed by atoms with Gasteiger partial charge >= 0.3 is 5.97 Å². The van der Waals surface area contributed by atoms with Crippen molar-refractivity contribution < 1.29 is 18.7 Å². The Labute approximate surface area is 177 Å². The molecule has 0 aliphatic carbocycles. The second-order valence-corrected chi connectivity index (χ2v) is 7.05. The van der Waals surface area contributed by atoms with E-state index in [-0.39, 0.29) is 6.61 Å². The molecule has 0 bridgehead atoms.